The Morgan fingerprint density at radius 3 is 2.76 bits per heavy atom. The zero-order valence-corrected chi connectivity index (χ0v) is 15.4. The molecule has 0 aliphatic heterocycles. The lowest BCUT2D eigenvalue weighted by atomic mass is 9.90. The molecule has 1 fully saturated rings. The van der Waals surface area contributed by atoms with Gasteiger partial charge in [-0.2, -0.15) is 0 Å². The summed E-state index contributed by atoms with van der Waals surface area (Å²) < 4.78 is 11.0. The molecule has 0 spiro atoms. The molecule has 1 amide bonds. The molecule has 0 atom stereocenters. The zero-order valence-electron chi connectivity index (χ0n) is 15.4. The molecule has 25 heavy (non-hydrogen) atoms. The standard InChI is InChI=1S/C20H28N2O3/c1-20(2,3)25-19(23)21-14-8-12-17-11-7-13-18(22-17)24-15-16-9-5-4-6-10-16/h7,11,13,16H,4-6,9-10,14-15H2,1-3H3,(H,21,23). The average Bonchev–Trinajstić information content (AvgIpc) is 2.57. The van der Waals surface area contributed by atoms with E-state index in [1.807, 2.05) is 39.0 Å². The SMILES string of the molecule is CC(C)(C)OC(=O)NCC#Cc1cccc(OCC2CCCCC2)n1. The van der Waals surface area contributed by atoms with E-state index in [9.17, 15) is 4.79 Å². The molecule has 5 heteroatoms. The Morgan fingerprint density at radius 2 is 2.04 bits per heavy atom. The molecule has 1 heterocycles. The van der Waals surface area contributed by atoms with Crippen LogP contribution in [0, 0.1) is 17.8 Å². The van der Waals surface area contributed by atoms with Crippen molar-refractivity contribution in [3.63, 3.8) is 0 Å². The van der Waals surface area contributed by atoms with Crippen molar-refractivity contribution in [3.05, 3.63) is 23.9 Å². The molecule has 136 valence electrons. The fourth-order valence-corrected chi connectivity index (χ4v) is 2.69. The summed E-state index contributed by atoms with van der Waals surface area (Å²) in [5.41, 5.74) is 0.121. The Labute approximate surface area is 150 Å². The van der Waals surface area contributed by atoms with Crippen LogP contribution in [0.5, 0.6) is 5.88 Å². The van der Waals surface area contributed by atoms with Gasteiger partial charge >= 0.3 is 6.09 Å². The minimum atomic E-state index is -0.511. The van der Waals surface area contributed by atoms with E-state index >= 15 is 0 Å². The molecule has 1 aliphatic rings. The summed E-state index contributed by atoms with van der Waals surface area (Å²) in [5, 5.41) is 2.60. The van der Waals surface area contributed by atoms with Crippen molar-refractivity contribution in [2.24, 2.45) is 5.92 Å². The highest BCUT2D eigenvalue weighted by Gasteiger charge is 2.15. The van der Waals surface area contributed by atoms with Crippen LogP contribution in [0.15, 0.2) is 18.2 Å². The van der Waals surface area contributed by atoms with Crippen molar-refractivity contribution >= 4 is 6.09 Å². The van der Waals surface area contributed by atoms with Gasteiger partial charge in [-0.25, -0.2) is 9.78 Å². The lowest BCUT2D eigenvalue weighted by Gasteiger charge is -2.21. The minimum absolute atomic E-state index is 0.212. The third-order valence-corrected chi connectivity index (χ3v) is 3.85. The molecule has 1 N–H and O–H groups in total. The largest absolute Gasteiger partial charge is 0.477 e. The summed E-state index contributed by atoms with van der Waals surface area (Å²) in [6.45, 7) is 6.40. The van der Waals surface area contributed by atoms with E-state index < -0.39 is 11.7 Å². The van der Waals surface area contributed by atoms with Crippen molar-refractivity contribution in [1.29, 1.82) is 0 Å². The van der Waals surface area contributed by atoms with E-state index in [0.717, 1.165) is 6.61 Å². The van der Waals surface area contributed by atoms with Gasteiger partial charge in [0, 0.05) is 6.07 Å². The lowest BCUT2D eigenvalue weighted by Crippen LogP contribution is -2.32. The monoisotopic (exact) mass is 344 g/mol. The molecular weight excluding hydrogens is 316 g/mol. The normalized spacial score (nSPS) is 15.0. The molecule has 2 rings (SSSR count). The van der Waals surface area contributed by atoms with Crippen molar-refractivity contribution in [3.8, 4) is 17.7 Å². The molecule has 0 bridgehead atoms. The minimum Gasteiger partial charge on any atom is -0.477 e. The number of amides is 1. The first kappa shape index (κ1) is 19.1. The number of carbonyl (C=O) groups excluding carboxylic acids is 1. The molecule has 0 unspecified atom stereocenters. The van der Waals surface area contributed by atoms with Gasteiger partial charge in [0.1, 0.15) is 11.3 Å². The number of alkyl carbamates (subject to hydrolysis) is 1. The Kier molecular flexibility index (Phi) is 7.12. The number of pyridine rings is 1. The van der Waals surface area contributed by atoms with Crippen LogP contribution < -0.4 is 10.1 Å². The van der Waals surface area contributed by atoms with Crippen LogP contribution in [-0.4, -0.2) is 29.8 Å². The van der Waals surface area contributed by atoms with Gasteiger partial charge in [0.05, 0.1) is 13.2 Å². The highest BCUT2D eigenvalue weighted by atomic mass is 16.6. The van der Waals surface area contributed by atoms with E-state index in [4.69, 9.17) is 9.47 Å². The topological polar surface area (TPSA) is 60.5 Å². The van der Waals surface area contributed by atoms with Gasteiger partial charge in [-0.3, -0.25) is 0 Å². The van der Waals surface area contributed by atoms with Gasteiger partial charge in [0.15, 0.2) is 0 Å². The van der Waals surface area contributed by atoms with Gasteiger partial charge in [-0.15, -0.1) is 0 Å². The zero-order chi connectivity index (χ0) is 18.1. The van der Waals surface area contributed by atoms with Crippen molar-refractivity contribution in [1.82, 2.24) is 10.3 Å². The van der Waals surface area contributed by atoms with Crippen LogP contribution in [0.4, 0.5) is 4.79 Å². The number of nitrogens with zero attached hydrogens (tertiary/aromatic N) is 1. The third-order valence-electron chi connectivity index (χ3n) is 3.85. The second-order valence-electron chi connectivity index (χ2n) is 7.33. The maximum Gasteiger partial charge on any atom is 0.408 e. The summed E-state index contributed by atoms with van der Waals surface area (Å²) in [6.07, 6.45) is 5.97. The van der Waals surface area contributed by atoms with Crippen molar-refractivity contribution < 1.29 is 14.3 Å². The fourth-order valence-electron chi connectivity index (χ4n) is 2.69. The highest BCUT2D eigenvalue weighted by Crippen LogP contribution is 2.24. The fraction of sp³-hybridized carbons (Fsp3) is 0.600. The highest BCUT2D eigenvalue weighted by molar-refractivity contribution is 5.68. The molecule has 1 saturated carbocycles. The van der Waals surface area contributed by atoms with Crippen LogP contribution in [0.1, 0.15) is 58.6 Å². The molecule has 1 aliphatic carbocycles. The molecule has 1 aromatic heterocycles. The number of carbonyl (C=O) groups is 1. The number of hydrogen-bond donors (Lipinski definition) is 1. The summed E-state index contributed by atoms with van der Waals surface area (Å²) in [4.78, 5) is 15.9. The van der Waals surface area contributed by atoms with Gasteiger partial charge < -0.3 is 14.8 Å². The molecule has 0 radical (unpaired) electrons. The predicted molar refractivity (Wildman–Crippen MR) is 97.4 cm³/mol. The van der Waals surface area contributed by atoms with Gasteiger partial charge in [0.2, 0.25) is 5.88 Å². The van der Waals surface area contributed by atoms with Crippen LogP contribution >= 0.6 is 0 Å². The molecule has 1 aromatic rings. The summed E-state index contributed by atoms with van der Waals surface area (Å²) in [7, 11) is 0. The Balaban J connectivity index is 1.78. The molecule has 0 saturated heterocycles. The Hall–Kier alpha value is -2.22. The maximum atomic E-state index is 11.5. The molecule has 0 aromatic carbocycles. The quantitative estimate of drug-likeness (QED) is 0.841. The first-order valence-corrected chi connectivity index (χ1v) is 8.98. The number of ether oxygens (including phenoxy) is 2. The maximum absolute atomic E-state index is 11.5. The van der Waals surface area contributed by atoms with Gasteiger partial charge in [-0.05, 0) is 51.5 Å². The second kappa shape index (κ2) is 9.31. The predicted octanol–water partition coefficient (Wildman–Crippen LogP) is 3.92. The first-order valence-electron chi connectivity index (χ1n) is 8.98. The smallest absolute Gasteiger partial charge is 0.408 e. The van der Waals surface area contributed by atoms with E-state index in [1.165, 1.54) is 32.1 Å². The Morgan fingerprint density at radius 1 is 1.28 bits per heavy atom. The van der Waals surface area contributed by atoms with E-state index in [1.54, 1.807) is 0 Å². The van der Waals surface area contributed by atoms with Crippen LogP contribution in [-0.2, 0) is 4.74 Å². The second-order valence-corrected chi connectivity index (χ2v) is 7.33. The molecular formula is C20H28N2O3. The van der Waals surface area contributed by atoms with Crippen molar-refractivity contribution in [2.45, 2.75) is 58.5 Å². The number of hydrogen-bond acceptors (Lipinski definition) is 4. The van der Waals surface area contributed by atoms with E-state index in [2.05, 4.69) is 22.1 Å². The van der Waals surface area contributed by atoms with Crippen LogP contribution in [0.25, 0.3) is 0 Å². The third kappa shape index (κ3) is 7.93. The summed E-state index contributed by atoms with van der Waals surface area (Å²) in [5.74, 6) is 7.05. The van der Waals surface area contributed by atoms with Gasteiger partial charge in [-0.1, -0.05) is 31.2 Å². The van der Waals surface area contributed by atoms with E-state index in [-0.39, 0.29) is 6.54 Å². The number of rotatable bonds is 4. The van der Waals surface area contributed by atoms with E-state index in [0.29, 0.717) is 17.5 Å². The Bertz CT molecular complexity index is 620. The average molecular weight is 344 g/mol. The molecule has 5 nitrogen and oxygen atoms in total. The summed E-state index contributed by atoms with van der Waals surface area (Å²) >= 11 is 0. The number of nitrogens with one attached hydrogen (secondary N) is 1. The van der Waals surface area contributed by atoms with Crippen molar-refractivity contribution in [2.75, 3.05) is 13.2 Å². The van der Waals surface area contributed by atoms with Crippen LogP contribution in [0.2, 0.25) is 0 Å². The lowest BCUT2D eigenvalue weighted by molar-refractivity contribution is 0.0535. The number of aromatic nitrogens is 1. The first-order chi connectivity index (χ1) is 11.9. The van der Waals surface area contributed by atoms with Gasteiger partial charge in [0.25, 0.3) is 0 Å². The summed E-state index contributed by atoms with van der Waals surface area (Å²) in [6, 6.07) is 5.56. The van der Waals surface area contributed by atoms with Crippen LogP contribution in [0.3, 0.4) is 0 Å².